The maximum Gasteiger partial charge on any atom is 0.319 e. The molecule has 2 aromatic carbocycles. The van der Waals surface area contributed by atoms with Gasteiger partial charge in [-0.25, -0.2) is 4.79 Å². The predicted molar refractivity (Wildman–Crippen MR) is 110 cm³/mol. The van der Waals surface area contributed by atoms with Crippen LogP contribution < -0.4 is 29.7 Å². The van der Waals surface area contributed by atoms with Crippen molar-refractivity contribution >= 4 is 23.3 Å². The summed E-state index contributed by atoms with van der Waals surface area (Å²) in [6.45, 7) is 2.30. The van der Waals surface area contributed by atoms with Gasteiger partial charge < -0.3 is 29.7 Å². The number of benzene rings is 2. The second kappa shape index (κ2) is 8.72. The number of anilines is 2. The van der Waals surface area contributed by atoms with Crippen molar-refractivity contribution in [3.05, 3.63) is 42.0 Å². The van der Waals surface area contributed by atoms with Crippen LogP contribution in [-0.2, 0) is 4.79 Å². The molecule has 1 atom stereocenters. The highest BCUT2D eigenvalue weighted by Gasteiger charge is 2.32. The van der Waals surface area contributed by atoms with Gasteiger partial charge in [0, 0.05) is 24.7 Å². The summed E-state index contributed by atoms with van der Waals surface area (Å²) in [7, 11) is 4.65. The molecule has 0 spiro atoms. The molecule has 0 saturated carbocycles. The van der Waals surface area contributed by atoms with Gasteiger partial charge in [-0.15, -0.1) is 0 Å². The summed E-state index contributed by atoms with van der Waals surface area (Å²) in [6, 6.07) is 10.1. The van der Waals surface area contributed by atoms with Crippen LogP contribution in [0.4, 0.5) is 16.2 Å². The summed E-state index contributed by atoms with van der Waals surface area (Å²) in [5.41, 5.74) is 2.26. The summed E-state index contributed by atoms with van der Waals surface area (Å²) < 4.78 is 15.8. The molecule has 0 unspecified atom stereocenters. The third kappa shape index (κ3) is 4.53. The van der Waals surface area contributed by atoms with E-state index in [0.717, 1.165) is 5.56 Å². The number of nitrogens with one attached hydrogen (secondary N) is 2. The molecular weight excluding hydrogens is 374 g/mol. The van der Waals surface area contributed by atoms with Gasteiger partial charge in [0.2, 0.25) is 5.91 Å². The van der Waals surface area contributed by atoms with Crippen LogP contribution in [0.25, 0.3) is 0 Å². The molecule has 3 amide bonds. The van der Waals surface area contributed by atoms with Gasteiger partial charge in [-0.05, 0) is 36.8 Å². The Labute approximate surface area is 169 Å². The SMILES string of the molecule is COc1ccc(C)cc1NC(=O)N[C@H]1CC(=O)N(c2ccc(OC)c(OC)c2)C1. The van der Waals surface area contributed by atoms with Crippen LogP contribution in [0.3, 0.4) is 0 Å². The van der Waals surface area contributed by atoms with Gasteiger partial charge in [-0.2, -0.15) is 0 Å². The molecule has 29 heavy (non-hydrogen) atoms. The monoisotopic (exact) mass is 399 g/mol. The molecule has 1 aliphatic heterocycles. The minimum absolute atomic E-state index is 0.0735. The normalized spacial score (nSPS) is 15.8. The lowest BCUT2D eigenvalue weighted by molar-refractivity contribution is -0.117. The Kier molecular flexibility index (Phi) is 6.11. The van der Waals surface area contributed by atoms with Crippen molar-refractivity contribution < 1.29 is 23.8 Å². The maximum absolute atomic E-state index is 12.5. The summed E-state index contributed by atoms with van der Waals surface area (Å²) in [6.07, 6.45) is 0.215. The Balaban J connectivity index is 1.66. The van der Waals surface area contributed by atoms with E-state index in [1.54, 1.807) is 50.5 Å². The first-order valence-corrected chi connectivity index (χ1v) is 9.19. The Morgan fingerprint density at radius 3 is 2.38 bits per heavy atom. The van der Waals surface area contributed by atoms with Crippen LogP contribution in [0.15, 0.2) is 36.4 Å². The van der Waals surface area contributed by atoms with Crippen molar-refractivity contribution in [3.8, 4) is 17.2 Å². The van der Waals surface area contributed by atoms with Crippen LogP contribution in [0.2, 0.25) is 0 Å². The summed E-state index contributed by atoms with van der Waals surface area (Å²) >= 11 is 0. The number of carbonyl (C=O) groups is 2. The molecule has 3 rings (SSSR count). The number of ether oxygens (including phenoxy) is 3. The molecule has 2 aromatic rings. The average Bonchev–Trinajstić information content (AvgIpc) is 3.07. The lowest BCUT2D eigenvalue weighted by atomic mass is 10.2. The molecule has 0 aromatic heterocycles. The first-order chi connectivity index (χ1) is 13.9. The van der Waals surface area contributed by atoms with Crippen molar-refractivity contribution in [3.63, 3.8) is 0 Å². The van der Waals surface area contributed by atoms with E-state index in [2.05, 4.69) is 10.6 Å². The molecule has 1 heterocycles. The molecule has 0 bridgehead atoms. The number of urea groups is 1. The number of rotatable bonds is 6. The summed E-state index contributed by atoms with van der Waals surface area (Å²) in [5, 5.41) is 5.65. The van der Waals surface area contributed by atoms with Crippen molar-refractivity contribution in [2.45, 2.75) is 19.4 Å². The van der Waals surface area contributed by atoms with Crippen LogP contribution in [0, 0.1) is 6.92 Å². The van der Waals surface area contributed by atoms with Crippen molar-refractivity contribution in [2.75, 3.05) is 38.1 Å². The topological polar surface area (TPSA) is 89.1 Å². The van der Waals surface area contributed by atoms with Gasteiger partial charge in [-0.1, -0.05) is 6.07 Å². The van der Waals surface area contributed by atoms with Crippen LogP contribution in [0.5, 0.6) is 17.2 Å². The van der Waals surface area contributed by atoms with Crippen LogP contribution in [-0.4, -0.2) is 45.9 Å². The van der Waals surface area contributed by atoms with E-state index < -0.39 is 0 Å². The molecule has 8 heteroatoms. The lowest BCUT2D eigenvalue weighted by Crippen LogP contribution is -2.39. The lowest BCUT2D eigenvalue weighted by Gasteiger charge is -2.19. The fourth-order valence-corrected chi connectivity index (χ4v) is 3.31. The summed E-state index contributed by atoms with van der Waals surface area (Å²) in [4.78, 5) is 26.5. The highest BCUT2D eigenvalue weighted by Crippen LogP contribution is 2.33. The molecule has 1 fully saturated rings. The number of nitrogens with zero attached hydrogens (tertiary/aromatic N) is 1. The number of carbonyl (C=O) groups excluding carboxylic acids is 2. The zero-order valence-electron chi connectivity index (χ0n) is 16.9. The number of hydrogen-bond donors (Lipinski definition) is 2. The van der Waals surface area contributed by atoms with E-state index in [-0.39, 0.29) is 24.4 Å². The number of methoxy groups -OCH3 is 3. The van der Waals surface area contributed by atoms with Crippen LogP contribution in [0.1, 0.15) is 12.0 Å². The van der Waals surface area contributed by atoms with E-state index in [1.165, 1.54) is 0 Å². The first-order valence-electron chi connectivity index (χ1n) is 9.19. The van der Waals surface area contributed by atoms with E-state index in [9.17, 15) is 9.59 Å². The molecule has 0 radical (unpaired) electrons. The number of aryl methyl sites for hydroxylation is 1. The van der Waals surface area contributed by atoms with E-state index in [1.807, 2.05) is 19.1 Å². The number of hydrogen-bond acceptors (Lipinski definition) is 5. The fraction of sp³-hybridized carbons (Fsp3) is 0.333. The Morgan fingerprint density at radius 1 is 1.00 bits per heavy atom. The van der Waals surface area contributed by atoms with Crippen molar-refractivity contribution in [1.82, 2.24) is 5.32 Å². The highest BCUT2D eigenvalue weighted by molar-refractivity contribution is 5.98. The van der Waals surface area contributed by atoms with Gasteiger partial charge >= 0.3 is 6.03 Å². The van der Waals surface area contributed by atoms with Gasteiger partial charge in [0.15, 0.2) is 11.5 Å². The molecular formula is C21H25N3O5. The molecule has 0 aliphatic carbocycles. The van der Waals surface area contributed by atoms with Crippen molar-refractivity contribution in [2.24, 2.45) is 0 Å². The minimum Gasteiger partial charge on any atom is -0.495 e. The van der Waals surface area contributed by atoms with E-state index in [4.69, 9.17) is 14.2 Å². The zero-order chi connectivity index (χ0) is 21.0. The summed E-state index contributed by atoms with van der Waals surface area (Å²) in [5.74, 6) is 1.62. The molecule has 8 nitrogen and oxygen atoms in total. The first kappa shape index (κ1) is 20.3. The molecule has 1 aliphatic rings. The highest BCUT2D eigenvalue weighted by atomic mass is 16.5. The maximum atomic E-state index is 12.5. The van der Waals surface area contributed by atoms with Crippen LogP contribution >= 0.6 is 0 Å². The Hall–Kier alpha value is -3.42. The number of amides is 3. The molecule has 2 N–H and O–H groups in total. The third-order valence-electron chi connectivity index (χ3n) is 4.74. The standard InChI is InChI=1S/C21H25N3O5/c1-13-5-7-17(27-2)16(9-13)23-21(26)22-14-10-20(25)24(12-14)15-6-8-18(28-3)19(11-15)29-4/h5-9,11,14H,10,12H2,1-4H3,(H2,22,23,26)/t14-/m0/s1. The Morgan fingerprint density at radius 2 is 1.69 bits per heavy atom. The third-order valence-corrected chi connectivity index (χ3v) is 4.74. The fourth-order valence-electron chi connectivity index (χ4n) is 3.31. The zero-order valence-corrected chi connectivity index (χ0v) is 16.9. The largest absolute Gasteiger partial charge is 0.495 e. The van der Waals surface area contributed by atoms with Gasteiger partial charge in [0.05, 0.1) is 33.1 Å². The van der Waals surface area contributed by atoms with E-state index in [0.29, 0.717) is 35.2 Å². The van der Waals surface area contributed by atoms with Gasteiger partial charge in [0.1, 0.15) is 5.75 Å². The molecule has 154 valence electrons. The predicted octanol–water partition coefficient (Wildman–Crippen LogP) is 2.95. The second-order valence-electron chi connectivity index (χ2n) is 6.75. The van der Waals surface area contributed by atoms with Gasteiger partial charge in [-0.3, -0.25) is 4.79 Å². The van der Waals surface area contributed by atoms with Crippen molar-refractivity contribution in [1.29, 1.82) is 0 Å². The quantitative estimate of drug-likeness (QED) is 0.780. The molecule has 1 saturated heterocycles. The smallest absolute Gasteiger partial charge is 0.319 e. The van der Waals surface area contributed by atoms with Gasteiger partial charge in [0.25, 0.3) is 0 Å². The minimum atomic E-state index is -0.388. The van der Waals surface area contributed by atoms with E-state index >= 15 is 0 Å². The second-order valence-corrected chi connectivity index (χ2v) is 6.75. The average molecular weight is 399 g/mol. The Bertz CT molecular complexity index is 915.